The zero-order chi connectivity index (χ0) is 11.3. The van der Waals surface area contributed by atoms with Crippen molar-refractivity contribution in [2.24, 2.45) is 10.8 Å². The molecule has 1 aromatic rings. The third kappa shape index (κ3) is 3.97. The van der Waals surface area contributed by atoms with Crippen LogP contribution in [0.4, 0.5) is 0 Å². The van der Waals surface area contributed by atoms with Crippen LogP contribution in [-0.2, 0) is 0 Å². The summed E-state index contributed by atoms with van der Waals surface area (Å²) >= 11 is 8.07. The predicted octanol–water partition coefficient (Wildman–Crippen LogP) is 2.40. The Morgan fingerprint density at radius 3 is 2.53 bits per heavy atom. The van der Waals surface area contributed by atoms with Crippen LogP contribution in [0.2, 0.25) is 0 Å². The van der Waals surface area contributed by atoms with Crippen LogP contribution in [0.15, 0.2) is 33.8 Å². The largest absolute Gasteiger partial charge is 0.375 e. The van der Waals surface area contributed by atoms with E-state index in [9.17, 15) is 0 Å². The summed E-state index contributed by atoms with van der Waals surface area (Å²) in [4.78, 5) is 0. The number of rotatable bonds is 3. The first-order chi connectivity index (χ1) is 7.13. The van der Waals surface area contributed by atoms with Gasteiger partial charge in [-0.1, -0.05) is 35.0 Å². The summed E-state index contributed by atoms with van der Waals surface area (Å²) in [7, 11) is 0. The van der Waals surface area contributed by atoms with E-state index in [1.807, 2.05) is 31.2 Å². The molecule has 0 atom stereocenters. The molecule has 3 nitrogen and oxygen atoms in total. The Bertz CT molecular complexity index is 373. The lowest BCUT2D eigenvalue weighted by Gasteiger charge is -2.04. The molecule has 3 N–H and O–H groups in total. The molecule has 80 valence electrons. The van der Waals surface area contributed by atoms with Crippen molar-refractivity contribution >= 4 is 39.0 Å². The summed E-state index contributed by atoms with van der Waals surface area (Å²) in [6.45, 7) is 2.03. The van der Waals surface area contributed by atoms with Crippen LogP contribution in [0.3, 0.4) is 0 Å². The molecule has 1 rings (SSSR count). The number of halogens is 1. The first kappa shape index (κ1) is 12.1. The average Bonchev–Trinajstić information content (AvgIpc) is 2.21. The van der Waals surface area contributed by atoms with E-state index in [1.165, 1.54) is 0 Å². The fourth-order valence-corrected chi connectivity index (χ4v) is 1.42. The van der Waals surface area contributed by atoms with E-state index < -0.39 is 0 Å². The van der Waals surface area contributed by atoms with Gasteiger partial charge in [-0.05, 0) is 36.3 Å². The van der Waals surface area contributed by atoms with Gasteiger partial charge in [0.15, 0.2) is 5.11 Å². The molecule has 0 aliphatic rings. The molecule has 0 fully saturated rings. The van der Waals surface area contributed by atoms with E-state index in [4.69, 9.17) is 5.73 Å². The van der Waals surface area contributed by atoms with Crippen LogP contribution in [0.5, 0.6) is 0 Å². The van der Waals surface area contributed by atoms with Gasteiger partial charge in [-0.15, -0.1) is 0 Å². The molecular weight excluding hydrogens is 274 g/mol. The second-order valence-electron chi connectivity index (χ2n) is 2.89. The Morgan fingerprint density at radius 2 is 2.07 bits per heavy atom. The Hall–Kier alpha value is -0.940. The van der Waals surface area contributed by atoms with Crippen molar-refractivity contribution in [3.63, 3.8) is 0 Å². The molecule has 0 unspecified atom stereocenters. The molecule has 0 aliphatic carbocycles. The Labute approximate surface area is 103 Å². The van der Waals surface area contributed by atoms with Crippen LogP contribution in [0, 0.1) is 0 Å². The molecule has 0 amide bonds. The molecule has 0 spiro atoms. The fourth-order valence-electron chi connectivity index (χ4n) is 1.11. The highest BCUT2D eigenvalue weighted by Gasteiger charge is 2.00. The average molecular weight is 286 g/mol. The Morgan fingerprint density at radius 1 is 1.47 bits per heavy atom. The topological polar surface area (TPSA) is 50.4 Å². The predicted molar refractivity (Wildman–Crippen MR) is 70.9 cm³/mol. The van der Waals surface area contributed by atoms with Crippen LogP contribution >= 0.6 is 28.1 Å². The fraction of sp³-hybridized carbons (Fsp3) is 0.200. The second-order valence-corrected chi connectivity index (χ2v) is 4.25. The van der Waals surface area contributed by atoms with Crippen molar-refractivity contribution in [1.82, 2.24) is 5.43 Å². The summed E-state index contributed by atoms with van der Waals surface area (Å²) in [6.07, 6.45) is 0.817. The number of nitrogens with one attached hydrogen (secondary N) is 1. The van der Waals surface area contributed by atoms with Gasteiger partial charge < -0.3 is 5.73 Å². The molecule has 0 heterocycles. The zero-order valence-corrected chi connectivity index (χ0v) is 10.7. The number of hydrogen-bond donors (Lipinski definition) is 2. The number of benzene rings is 1. The smallest absolute Gasteiger partial charge is 0.184 e. The molecule has 0 saturated heterocycles. The van der Waals surface area contributed by atoms with Crippen LogP contribution < -0.4 is 11.2 Å². The van der Waals surface area contributed by atoms with Crippen molar-refractivity contribution in [3.05, 3.63) is 34.3 Å². The molecule has 0 aromatic heterocycles. The lowest BCUT2D eigenvalue weighted by Crippen LogP contribution is -2.25. The highest BCUT2D eigenvalue weighted by molar-refractivity contribution is 9.10. The van der Waals surface area contributed by atoms with E-state index in [2.05, 4.69) is 38.7 Å². The van der Waals surface area contributed by atoms with Crippen LogP contribution in [0.1, 0.15) is 18.9 Å². The van der Waals surface area contributed by atoms with Gasteiger partial charge in [0.1, 0.15) is 0 Å². The van der Waals surface area contributed by atoms with Gasteiger partial charge in [-0.3, -0.25) is 5.43 Å². The standard InChI is InChI=1S/C10H12BrN3S/c1-2-9(13-14-10(12)15)7-3-5-8(11)6-4-7/h3-6H,2H2,1H3,(H3,12,14,15)/b13-9+. The van der Waals surface area contributed by atoms with Gasteiger partial charge >= 0.3 is 0 Å². The monoisotopic (exact) mass is 285 g/mol. The van der Waals surface area contributed by atoms with E-state index in [0.717, 1.165) is 22.2 Å². The van der Waals surface area contributed by atoms with Gasteiger partial charge in [0.2, 0.25) is 0 Å². The van der Waals surface area contributed by atoms with E-state index in [-0.39, 0.29) is 5.11 Å². The molecule has 0 radical (unpaired) electrons. The molecule has 5 heteroatoms. The second kappa shape index (κ2) is 5.82. The van der Waals surface area contributed by atoms with Crippen LogP contribution in [0.25, 0.3) is 0 Å². The molecule has 1 aromatic carbocycles. The quantitative estimate of drug-likeness (QED) is 0.509. The number of nitrogens with zero attached hydrogens (tertiary/aromatic N) is 1. The molecule has 0 saturated carbocycles. The van der Waals surface area contributed by atoms with Gasteiger partial charge in [0, 0.05) is 4.47 Å². The van der Waals surface area contributed by atoms with Crippen LogP contribution in [-0.4, -0.2) is 10.8 Å². The summed E-state index contributed by atoms with van der Waals surface area (Å²) in [5.74, 6) is 0. The minimum absolute atomic E-state index is 0.179. The first-order valence-electron chi connectivity index (χ1n) is 4.51. The van der Waals surface area contributed by atoms with Gasteiger partial charge in [-0.2, -0.15) is 5.10 Å². The van der Waals surface area contributed by atoms with Gasteiger partial charge in [0.05, 0.1) is 5.71 Å². The highest BCUT2D eigenvalue weighted by atomic mass is 79.9. The number of thiocarbonyl (C=S) groups is 1. The number of hydrazone groups is 1. The summed E-state index contributed by atoms with van der Waals surface area (Å²) < 4.78 is 1.05. The van der Waals surface area contributed by atoms with Gasteiger partial charge in [-0.25, -0.2) is 0 Å². The first-order valence-corrected chi connectivity index (χ1v) is 5.71. The van der Waals surface area contributed by atoms with Crippen molar-refractivity contribution < 1.29 is 0 Å². The molecule has 15 heavy (non-hydrogen) atoms. The molecule has 0 aliphatic heterocycles. The van der Waals surface area contributed by atoms with E-state index in [1.54, 1.807) is 0 Å². The SMILES string of the molecule is CC/C(=N\NC(N)=S)c1ccc(Br)cc1. The van der Waals surface area contributed by atoms with E-state index in [0.29, 0.717) is 0 Å². The minimum atomic E-state index is 0.179. The van der Waals surface area contributed by atoms with Gasteiger partial charge in [0.25, 0.3) is 0 Å². The maximum absolute atomic E-state index is 5.30. The lowest BCUT2D eigenvalue weighted by atomic mass is 10.1. The Balaban J connectivity index is 2.87. The summed E-state index contributed by atoms with van der Waals surface area (Å²) in [5, 5.41) is 4.31. The number of nitrogens with two attached hydrogens (primary N) is 1. The minimum Gasteiger partial charge on any atom is -0.375 e. The summed E-state index contributed by atoms with van der Waals surface area (Å²) in [6, 6.07) is 7.93. The van der Waals surface area contributed by atoms with Crippen molar-refractivity contribution in [2.75, 3.05) is 0 Å². The highest BCUT2D eigenvalue weighted by Crippen LogP contribution is 2.12. The lowest BCUT2D eigenvalue weighted by molar-refractivity contribution is 1.01. The third-order valence-electron chi connectivity index (χ3n) is 1.81. The van der Waals surface area contributed by atoms with Crippen molar-refractivity contribution in [2.45, 2.75) is 13.3 Å². The van der Waals surface area contributed by atoms with Crippen molar-refractivity contribution in [1.29, 1.82) is 0 Å². The zero-order valence-electron chi connectivity index (χ0n) is 8.33. The summed E-state index contributed by atoms with van der Waals surface area (Å²) in [5.41, 5.74) is 9.88. The third-order valence-corrected chi connectivity index (χ3v) is 2.43. The molecular formula is C10H12BrN3S. The maximum atomic E-state index is 5.30. The van der Waals surface area contributed by atoms with E-state index >= 15 is 0 Å². The van der Waals surface area contributed by atoms with Crippen molar-refractivity contribution in [3.8, 4) is 0 Å². The number of hydrogen-bond acceptors (Lipinski definition) is 2. The normalized spacial score (nSPS) is 11.2. The Kier molecular flexibility index (Phi) is 4.71. The molecule has 0 bridgehead atoms. The maximum Gasteiger partial charge on any atom is 0.184 e.